The average molecular weight is 370 g/mol. The van der Waals surface area contributed by atoms with Gasteiger partial charge in [-0.3, -0.25) is 4.79 Å². The molecule has 3 N–H and O–H groups in total. The zero-order chi connectivity index (χ0) is 15.4. The van der Waals surface area contributed by atoms with Gasteiger partial charge >= 0.3 is 0 Å². The lowest BCUT2D eigenvalue weighted by Crippen LogP contribution is -2.15. The Kier molecular flexibility index (Phi) is 5.09. The first kappa shape index (κ1) is 15.7. The Labute approximate surface area is 136 Å². The molecule has 0 radical (unpaired) electrons. The summed E-state index contributed by atoms with van der Waals surface area (Å²) in [5, 5.41) is 3.21. The second kappa shape index (κ2) is 6.83. The van der Waals surface area contributed by atoms with Crippen molar-refractivity contribution in [2.45, 2.75) is 6.92 Å². The van der Waals surface area contributed by atoms with Crippen LogP contribution in [0, 0.1) is 0 Å². The van der Waals surface area contributed by atoms with Crippen molar-refractivity contribution in [2.24, 2.45) is 0 Å². The number of anilines is 2. The maximum atomic E-state index is 12.4. The van der Waals surface area contributed by atoms with Gasteiger partial charge in [0.2, 0.25) is 0 Å². The number of hydrogen-bond donors (Lipinski definition) is 2. The van der Waals surface area contributed by atoms with Crippen LogP contribution in [0.15, 0.2) is 40.9 Å². The van der Waals surface area contributed by atoms with Crippen molar-refractivity contribution in [1.82, 2.24) is 0 Å². The first-order chi connectivity index (χ1) is 10.0. The highest BCUT2D eigenvalue weighted by molar-refractivity contribution is 9.10. The van der Waals surface area contributed by atoms with E-state index >= 15 is 0 Å². The van der Waals surface area contributed by atoms with Crippen LogP contribution in [0.5, 0.6) is 5.75 Å². The van der Waals surface area contributed by atoms with Crippen LogP contribution in [0.4, 0.5) is 11.4 Å². The molecule has 2 rings (SSSR count). The molecule has 0 aliphatic carbocycles. The van der Waals surface area contributed by atoms with E-state index in [9.17, 15) is 4.79 Å². The largest absolute Gasteiger partial charge is 0.491 e. The summed E-state index contributed by atoms with van der Waals surface area (Å²) in [6, 6.07) is 10.3. The number of rotatable bonds is 4. The van der Waals surface area contributed by atoms with Crippen molar-refractivity contribution in [3.63, 3.8) is 0 Å². The fraction of sp³-hybridized carbons (Fsp3) is 0.133. The third-order valence-corrected chi connectivity index (χ3v) is 3.58. The number of para-hydroxylation sites is 1. The first-order valence-corrected chi connectivity index (χ1v) is 7.47. The number of carbonyl (C=O) groups is 1. The minimum Gasteiger partial charge on any atom is -0.491 e. The molecule has 0 aromatic heterocycles. The standard InChI is InChI=1S/C15H14BrClN2O2/c1-2-21-14-10(4-3-5-12(14)18)15(20)19-13-8-9(16)6-7-11(13)17/h3-8H,2,18H2,1H3,(H,19,20). The van der Waals surface area contributed by atoms with E-state index < -0.39 is 0 Å². The molecule has 4 nitrogen and oxygen atoms in total. The predicted octanol–water partition coefficient (Wildman–Crippen LogP) is 4.34. The van der Waals surface area contributed by atoms with E-state index in [4.69, 9.17) is 22.1 Å². The summed E-state index contributed by atoms with van der Waals surface area (Å²) in [5.41, 5.74) is 7.16. The molecule has 2 aromatic carbocycles. The fourth-order valence-corrected chi connectivity index (χ4v) is 2.35. The highest BCUT2D eigenvalue weighted by Crippen LogP contribution is 2.30. The van der Waals surface area contributed by atoms with E-state index in [2.05, 4.69) is 21.2 Å². The Balaban J connectivity index is 2.32. The van der Waals surface area contributed by atoms with Crippen LogP contribution in [0.25, 0.3) is 0 Å². The van der Waals surface area contributed by atoms with E-state index in [0.717, 1.165) is 4.47 Å². The number of nitrogens with two attached hydrogens (primary N) is 1. The summed E-state index contributed by atoms with van der Waals surface area (Å²) in [4.78, 5) is 12.4. The highest BCUT2D eigenvalue weighted by atomic mass is 79.9. The number of ether oxygens (including phenoxy) is 1. The normalized spacial score (nSPS) is 10.2. The van der Waals surface area contributed by atoms with Gasteiger partial charge in [-0.25, -0.2) is 0 Å². The third-order valence-electron chi connectivity index (χ3n) is 2.76. The molecule has 0 bridgehead atoms. The molecule has 0 spiro atoms. The number of nitrogens with one attached hydrogen (secondary N) is 1. The molecule has 0 saturated heterocycles. The van der Waals surface area contributed by atoms with Gasteiger partial charge in [0.15, 0.2) is 5.75 Å². The lowest BCUT2D eigenvalue weighted by Gasteiger charge is -2.13. The molecule has 2 aromatic rings. The molecule has 0 aliphatic heterocycles. The highest BCUT2D eigenvalue weighted by Gasteiger charge is 2.16. The maximum Gasteiger partial charge on any atom is 0.259 e. The molecule has 110 valence electrons. The third kappa shape index (κ3) is 3.68. The first-order valence-electron chi connectivity index (χ1n) is 6.30. The zero-order valence-corrected chi connectivity index (χ0v) is 13.7. The molecule has 0 unspecified atom stereocenters. The minimum absolute atomic E-state index is 0.328. The number of carbonyl (C=O) groups excluding carboxylic acids is 1. The summed E-state index contributed by atoms with van der Waals surface area (Å²) in [6.07, 6.45) is 0. The van der Waals surface area contributed by atoms with E-state index in [1.807, 2.05) is 6.92 Å². The number of halogens is 2. The molecule has 0 saturated carbocycles. The van der Waals surface area contributed by atoms with E-state index in [1.54, 1.807) is 36.4 Å². The summed E-state index contributed by atoms with van der Waals surface area (Å²) < 4.78 is 6.27. The molecule has 6 heteroatoms. The number of hydrogen-bond acceptors (Lipinski definition) is 3. The Morgan fingerprint density at radius 3 is 2.86 bits per heavy atom. The molecular weight excluding hydrogens is 356 g/mol. The van der Waals surface area contributed by atoms with Crippen molar-refractivity contribution in [2.75, 3.05) is 17.7 Å². The van der Waals surface area contributed by atoms with Gasteiger partial charge in [-0.05, 0) is 37.3 Å². The van der Waals surface area contributed by atoms with Crippen LogP contribution < -0.4 is 15.8 Å². The van der Waals surface area contributed by atoms with Crippen molar-refractivity contribution in [3.8, 4) is 5.75 Å². The van der Waals surface area contributed by atoms with Crippen LogP contribution in [0.1, 0.15) is 17.3 Å². The Hall–Kier alpha value is -1.72. The summed E-state index contributed by atoms with van der Waals surface area (Å²) in [7, 11) is 0. The lowest BCUT2D eigenvalue weighted by atomic mass is 10.1. The van der Waals surface area contributed by atoms with E-state index in [-0.39, 0.29) is 5.91 Å². The SMILES string of the molecule is CCOc1c(N)cccc1C(=O)Nc1cc(Br)ccc1Cl. The topological polar surface area (TPSA) is 64.3 Å². The van der Waals surface area contributed by atoms with Crippen LogP contribution in [0.2, 0.25) is 5.02 Å². The molecule has 0 aliphatic rings. The second-order valence-corrected chi connectivity index (χ2v) is 5.56. The van der Waals surface area contributed by atoms with Gasteiger partial charge in [0.1, 0.15) is 0 Å². The van der Waals surface area contributed by atoms with Gasteiger partial charge in [0.05, 0.1) is 28.6 Å². The van der Waals surface area contributed by atoms with Crippen molar-refractivity contribution < 1.29 is 9.53 Å². The summed E-state index contributed by atoms with van der Waals surface area (Å²) in [5.74, 6) is 0.0503. The van der Waals surface area contributed by atoms with Gasteiger partial charge in [-0.1, -0.05) is 33.6 Å². The average Bonchev–Trinajstić information content (AvgIpc) is 2.45. The smallest absolute Gasteiger partial charge is 0.259 e. The number of amides is 1. The van der Waals surface area contributed by atoms with Gasteiger partial charge < -0.3 is 15.8 Å². The summed E-state index contributed by atoms with van der Waals surface area (Å²) in [6.45, 7) is 2.26. The van der Waals surface area contributed by atoms with Crippen molar-refractivity contribution in [1.29, 1.82) is 0 Å². The predicted molar refractivity (Wildman–Crippen MR) is 89.1 cm³/mol. The molecular formula is C15H14BrClN2O2. The van der Waals surface area contributed by atoms with Gasteiger partial charge in [-0.2, -0.15) is 0 Å². The van der Waals surface area contributed by atoms with Crippen LogP contribution in [-0.4, -0.2) is 12.5 Å². The Morgan fingerprint density at radius 2 is 2.14 bits per heavy atom. The fourth-order valence-electron chi connectivity index (χ4n) is 1.82. The Morgan fingerprint density at radius 1 is 1.38 bits per heavy atom. The minimum atomic E-state index is -0.328. The van der Waals surface area contributed by atoms with Gasteiger partial charge in [0.25, 0.3) is 5.91 Å². The molecule has 1 amide bonds. The van der Waals surface area contributed by atoms with Gasteiger partial charge in [-0.15, -0.1) is 0 Å². The maximum absolute atomic E-state index is 12.4. The van der Waals surface area contributed by atoms with E-state index in [0.29, 0.717) is 34.3 Å². The quantitative estimate of drug-likeness (QED) is 0.788. The molecule has 0 heterocycles. The lowest BCUT2D eigenvalue weighted by molar-refractivity contribution is 0.102. The van der Waals surface area contributed by atoms with Gasteiger partial charge in [0, 0.05) is 4.47 Å². The Bertz CT molecular complexity index is 677. The van der Waals surface area contributed by atoms with E-state index in [1.165, 1.54) is 0 Å². The molecule has 21 heavy (non-hydrogen) atoms. The van der Waals surface area contributed by atoms with Crippen LogP contribution in [0.3, 0.4) is 0 Å². The summed E-state index contributed by atoms with van der Waals surface area (Å²) >= 11 is 9.41. The number of benzene rings is 2. The molecule has 0 atom stereocenters. The van der Waals surface area contributed by atoms with Crippen LogP contribution >= 0.6 is 27.5 Å². The number of nitrogen functional groups attached to an aromatic ring is 1. The zero-order valence-electron chi connectivity index (χ0n) is 11.3. The molecule has 0 fully saturated rings. The van der Waals surface area contributed by atoms with Crippen LogP contribution in [-0.2, 0) is 0 Å². The van der Waals surface area contributed by atoms with Crippen molar-refractivity contribution in [3.05, 3.63) is 51.5 Å². The monoisotopic (exact) mass is 368 g/mol. The second-order valence-electron chi connectivity index (χ2n) is 4.24. The van der Waals surface area contributed by atoms with Crippen molar-refractivity contribution >= 4 is 44.8 Å².